The maximum atomic E-state index is 15.3. The third-order valence-corrected chi connectivity index (χ3v) is 7.39. The Morgan fingerprint density at radius 3 is 2.79 bits per heavy atom. The fourth-order valence-corrected chi connectivity index (χ4v) is 4.80. The van der Waals surface area contributed by atoms with E-state index in [-0.39, 0.29) is 41.7 Å². The van der Waals surface area contributed by atoms with Crippen LogP contribution in [0.2, 0.25) is 5.02 Å². The van der Waals surface area contributed by atoms with E-state index in [1.807, 2.05) is 0 Å². The predicted octanol–water partition coefficient (Wildman–Crippen LogP) is 2.22. The van der Waals surface area contributed by atoms with Crippen molar-refractivity contribution in [1.82, 2.24) is 24.2 Å². The molecule has 4 bridgehead atoms. The van der Waals surface area contributed by atoms with Gasteiger partial charge >= 0.3 is 6.03 Å². The van der Waals surface area contributed by atoms with Gasteiger partial charge in [0.2, 0.25) is 5.88 Å². The van der Waals surface area contributed by atoms with Crippen LogP contribution >= 0.6 is 11.6 Å². The van der Waals surface area contributed by atoms with Crippen molar-refractivity contribution in [2.75, 3.05) is 20.6 Å². The maximum Gasteiger partial charge on any atom is 0.318 e. The molecule has 0 radical (unpaired) electrons. The molecule has 1 aromatic heterocycles. The number of aromatic nitrogens is 1. The number of benzene rings is 1. The Morgan fingerprint density at radius 1 is 1.30 bits per heavy atom. The van der Waals surface area contributed by atoms with Crippen molar-refractivity contribution in [3.8, 4) is 11.6 Å². The van der Waals surface area contributed by atoms with Crippen LogP contribution in [0.15, 0.2) is 30.3 Å². The number of ether oxygens (including phenoxy) is 1. The zero-order valence-electron chi connectivity index (χ0n) is 17.8. The normalized spacial score (nSPS) is 23.2. The minimum Gasteiger partial charge on any atom is -0.434 e. The molecule has 2 aliphatic heterocycles. The van der Waals surface area contributed by atoms with Gasteiger partial charge < -0.3 is 15.0 Å². The van der Waals surface area contributed by atoms with E-state index in [1.54, 1.807) is 6.07 Å². The number of rotatable bonds is 3. The first-order valence-electron chi connectivity index (χ1n) is 10.1. The van der Waals surface area contributed by atoms with Crippen LogP contribution in [-0.2, 0) is 23.2 Å². The number of fused-ring (bicyclic) bond motifs is 5. The van der Waals surface area contributed by atoms with Gasteiger partial charge in [0.25, 0.3) is 10.2 Å². The van der Waals surface area contributed by atoms with Crippen molar-refractivity contribution in [2.45, 2.75) is 31.2 Å². The highest BCUT2D eigenvalue weighted by Crippen LogP contribution is 2.33. The summed E-state index contributed by atoms with van der Waals surface area (Å²) in [6.45, 7) is -0.394. The zero-order valence-corrected chi connectivity index (χ0v) is 19.3. The van der Waals surface area contributed by atoms with E-state index in [0.29, 0.717) is 5.69 Å². The molecule has 33 heavy (non-hydrogen) atoms. The number of nitrogens with one attached hydrogen (secondary N) is 2. The number of carbonyl (C=O) groups is 1. The molecular weight excluding hydrogens is 480 g/mol. The van der Waals surface area contributed by atoms with Crippen LogP contribution in [-0.4, -0.2) is 67.5 Å². The highest BCUT2D eigenvalue weighted by Gasteiger charge is 2.46. The fourth-order valence-electron chi connectivity index (χ4n) is 3.79. The number of alkyl halides is 1. The highest BCUT2D eigenvalue weighted by molar-refractivity contribution is 7.87. The van der Waals surface area contributed by atoms with Gasteiger partial charge in [-0.05, 0) is 30.2 Å². The van der Waals surface area contributed by atoms with Crippen molar-refractivity contribution in [1.29, 1.82) is 0 Å². The molecule has 2 aromatic rings. The molecule has 3 heterocycles. The largest absolute Gasteiger partial charge is 0.434 e. The number of carbonyl (C=O) groups excluding carboxylic acids is 1. The number of hydrogen-bond acceptors (Lipinski definition) is 5. The van der Waals surface area contributed by atoms with Crippen molar-refractivity contribution < 1.29 is 26.7 Å². The monoisotopic (exact) mass is 501 g/mol. The quantitative estimate of drug-likeness (QED) is 0.671. The maximum absolute atomic E-state index is 15.3. The number of pyridine rings is 1. The summed E-state index contributed by atoms with van der Waals surface area (Å²) < 4.78 is 64.0. The van der Waals surface area contributed by atoms with Crippen molar-refractivity contribution >= 4 is 27.8 Å². The van der Waals surface area contributed by atoms with Crippen LogP contribution < -0.4 is 14.8 Å². The van der Waals surface area contributed by atoms with Crippen molar-refractivity contribution in [2.24, 2.45) is 0 Å². The van der Waals surface area contributed by atoms with E-state index in [9.17, 15) is 13.2 Å². The molecule has 3 atom stereocenters. The van der Waals surface area contributed by atoms with E-state index in [1.165, 1.54) is 43.3 Å². The average molecular weight is 502 g/mol. The van der Waals surface area contributed by atoms with Crippen LogP contribution in [0.5, 0.6) is 11.6 Å². The number of amides is 2. The molecule has 4 rings (SSSR count). The van der Waals surface area contributed by atoms with Crippen molar-refractivity contribution in [3.05, 3.63) is 52.4 Å². The summed E-state index contributed by atoms with van der Waals surface area (Å²) in [5, 5.41) is 2.80. The molecule has 1 fully saturated rings. The van der Waals surface area contributed by atoms with E-state index >= 15 is 8.78 Å². The summed E-state index contributed by atoms with van der Waals surface area (Å²) in [6, 6.07) is 4.55. The van der Waals surface area contributed by atoms with E-state index in [2.05, 4.69) is 15.0 Å². The van der Waals surface area contributed by atoms with Gasteiger partial charge in [0.15, 0.2) is 11.6 Å². The van der Waals surface area contributed by atoms with Gasteiger partial charge in [-0.25, -0.2) is 18.6 Å². The SMILES string of the molecule is CN(C)S(=O)(=O)N[C@H]1[C@@H](F)CN2C(=O)NCc3ccc(Cl)c(n3)Oc3cccc(c3F)C[C@@H]12. The van der Waals surface area contributed by atoms with Crippen LogP contribution in [0, 0.1) is 5.82 Å². The minimum absolute atomic E-state index is 0.0271. The zero-order chi connectivity index (χ0) is 23.9. The number of hydrogen-bond donors (Lipinski definition) is 2. The Morgan fingerprint density at radius 2 is 2.06 bits per heavy atom. The molecule has 2 N–H and O–H groups in total. The Labute approximate surface area is 194 Å². The lowest BCUT2D eigenvalue weighted by Crippen LogP contribution is -2.53. The van der Waals surface area contributed by atoms with Crippen LogP contribution in [0.1, 0.15) is 11.3 Å². The average Bonchev–Trinajstić information content (AvgIpc) is 3.05. The standard InChI is InChI=1S/C20H22ClF2N5O4S/c1-27(2)33(30,31)26-18-14(22)10-28-15(18)8-11-4-3-5-16(17(11)23)32-19-13(21)7-6-12(25-19)9-24-20(28)29/h3-7,14-15,18,26H,8-10H2,1-2H3,(H,24,29)/t14-,15-,18-/m0/s1. The van der Waals surface area contributed by atoms with E-state index in [4.69, 9.17) is 16.3 Å². The lowest BCUT2D eigenvalue weighted by Gasteiger charge is -2.29. The summed E-state index contributed by atoms with van der Waals surface area (Å²) in [5.41, 5.74) is 0.501. The third-order valence-electron chi connectivity index (χ3n) is 5.57. The molecule has 0 saturated carbocycles. The molecule has 2 aliphatic rings. The first-order chi connectivity index (χ1) is 15.6. The van der Waals surface area contributed by atoms with E-state index < -0.39 is 40.3 Å². The van der Waals surface area contributed by atoms with Gasteiger partial charge in [-0.3, -0.25) is 0 Å². The molecule has 1 saturated heterocycles. The molecule has 1 aromatic carbocycles. The minimum atomic E-state index is -4.02. The predicted molar refractivity (Wildman–Crippen MR) is 117 cm³/mol. The first kappa shape index (κ1) is 23.6. The molecule has 0 aliphatic carbocycles. The van der Waals surface area contributed by atoms with Crippen LogP contribution in [0.25, 0.3) is 0 Å². The van der Waals surface area contributed by atoms with Gasteiger partial charge in [-0.2, -0.15) is 17.4 Å². The lowest BCUT2D eigenvalue weighted by atomic mass is 9.99. The first-order valence-corrected chi connectivity index (χ1v) is 11.9. The van der Waals surface area contributed by atoms with Gasteiger partial charge in [-0.1, -0.05) is 23.7 Å². The van der Waals surface area contributed by atoms with Crippen LogP contribution in [0.3, 0.4) is 0 Å². The lowest BCUT2D eigenvalue weighted by molar-refractivity contribution is 0.187. The Kier molecular flexibility index (Phi) is 6.45. The molecule has 0 spiro atoms. The summed E-state index contributed by atoms with van der Waals surface area (Å²) in [7, 11) is -1.42. The molecule has 9 nitrogen and oxygen atoms in total. The number of nitrogens with zero attached hydrogens (tertiary/aromatic N) is 3. The smallest absolute Gasteiger partial charge is 0.318 e. The summed E-state index contributed by atoms with van der Waals surface area (Å²) in [4.78, 5) is 18.3. The highest BCUT2D eigenvalue weighted by atomic mass is 35.5. The van der Waals surface area contributed by atoms with Crippen LogP contribution in [0.4, 0.5) is 13.6 Å². The second-order valence-corrected chi connectivity index (χ2v) is 10.3. The molecule has 13 heteroatoms. The van der Waals surface area contributed by atoms with Gasteiger partial charge in [0.1, 0.15) is 11.2 Å². The molecule has 2 amide bonds. The number of halogens is 3. The van der Waals surface area contributed by atoms with Crippen molar-refractivity contribution in [3.63, 3.8) is 0 Å². The second kappa shape index (κ2) is 9.01. The van der Waals surface area contributed by atoms with Gasteiger partial charge in [0, 0.05) is 14.1 Å². The molecular formula is C20H22ClF2N5O4S. The Balaban J connectivity index is 1.77. The topological polar surface area (TPSA) is 104 Å². The molecule has 178 valence electrons. The Hall–Kier alpha value is -2.54. The molecule has 0 unspecified atom stereocenters. The third kappa shape index (κ3) is 4.74. The van der Waals surface area contributed by atoms with Gasteiger partial charge in [0.05, 0.1) is 30.9 Å². The fraction of sp³-hybridized carbons (Fsp3) is 0.400. The summed E-state index contributed by atoms with van der Waals surface area (Å²) in [6.07, 6.45) is -1.86. The Bertz CT molecular complexity index is 1180. The van der Waals surface area contributed by atoms with E-state index in [0.717, 1.165) is 4.31 Å². The summed E-state index contributed by atoms with van der Waals surface area (Å²) in [5.74, 6) is -0.916. The second-order valence-electron chi connectivity index (χ2n) is 7.95. The van der Waals surface area contributed by atoms with Gasteiger partial charge in [-0.15, -0.1) is 0 Å². The summed E-state index contributed by atoms with van der Waals surface area (Å²) >= 11 is 6.13. The number of urea groups is 1.